The highest BCUT2D eigenvalue weighted by atomic mass is 28.1. The number of nitrogens with zero attached hydrogens (tertiary/aromatic N) is 1. The minimum Gasteiger partial charge on any atom is -0.198 e. The Labute approximate surface area is 73.2 Å². The molecule has 0 amide bonds. The number of hydrogen-bond acceptors (Lipinski definition) is 1. The van der Waals surface area contributed by atoms with Crippen molar-refractivity contribution in [2.24, 2.45) is 5.92 Å². The molecule has 0 aliphatic heterocycles. The average molecular weight is 166 g/mol. The first-order valence-electron chi connectivity index (χ1n) is 4.32. The van der Waals surface area contributed by atoms with Crippen molar-refractivity contribution in [2.75, 3.05) is 0 Å². The van der Waals surface area contributed by atoms with E-state index in [1.165, 1.54) is 19.3 Å². The van der Waals surface area contributed by atoms with Gasteiger partial charge >= 0.3 is 0 Å². The van der Waals surface area contributed by atoms with Gasteiger partial charge in [0, 0.05) is 16.7 Å². The summed E-state index contributed by atoms with van der Waals surface area (Å²) in [5, 5.41) is 8.28. The molecule has 0 spiro atoms. The Bertz CT molecular complexity index is 117. The molecule has 0 saturated carbocycles. The summed E-state index contributed by atoms with van der Waals surface area (Å²) in [5.41, 5.74) is 0. The molecule has 2 heteroatoms. The lowest BCUT2D eigenvalue weighted by Crippen LogP contribution is -1.93. The quantitative estimate of drug-likeness (QED) is 0.439. The van der Waals surface area contributed by atoms with E-state index in [1.807, 2.05) is 0 Å². The van der Waals surface area contributed by atoms with Crippen LogP contribution in [0.25, 0.3) is 0 Å². The second-order valence-corrected chi connectivity index (χ2v) is 3.55. The third-order valence-corrected chi connectivity index (χ3v) is 2.16. The molecule has 0 aliphatic rings. The molecule has 11 heavy (non-hydrogen) atoms. The molecule has 0 aromatic rings. The van der Waals surface area contributed by atoms with Crippen LogP contribution in [0.15, 0.2) is 0 Å². The van der Waals surface area contributed by atoms with Gasteiger partial charge in [0.25, 0.3) is 0 Å². The van der Waals surface area contributed by atoms with Crippen LogP contribution in [0.1, 0.15) is 39.0 Å². The number of unbranched alkanes of at least 4 members (excludes halogenated alkanes) is 2. The van der Waals surface area contributed by atoms with Gasteiger partial charge in [0.2, 0.25) is 0 Å². The van der Waals surface area contributed by atoms with Gasteiger partial charge in [-0.3, -0.25) is 0 Å². The minimum absolute atomic E-state index is 0.723. The predicted molar refractivity (Wildman–Crippen MR) is 48.4 cm³/mol. The van der Waals surface area contributed by atoms with E-state index in [9.17, 15) is 0 Å². The van der Waals surface area contributed by atoms with Crippen LogP contribution in [0.2, 0.25) is 6.04 Å². The van der Waals surface area contributed by atoms with E-state index in [4.69, 9.17) is 5.26 Å². The first kappa shape index (κ1) is 10.7. The molecule has 0 aromatic heterocycles. The fourth-order valence-corrected chi connectivity index (χ4v) is 1.58. The third kappa shape index (κ3) is 7.61. The fraction of sp³-hybridized carbons (Fsp3) is 0.889. The summed E-state index contributed by atoms with van der Waals surface area (Å²) < 4.78 is 0. The molecule has 0 N–H and O–H groups in total. The van der Waals surface area contributed by atoms with Crippen LogP contribution < -0.4 is 0 Å². The molecule has 1 nitrogen and oxygen atoms in total. The van der Waals surface area contributed by atoms with Crippen molar-refractivity contribution < 1.29 is 0 Å². The summed E-state index contributed by atoms with van der Waals surface area (Å²) in [5.74, 6) is 0.811. The second kappa shape index (κ2) is 7.81. The Kier molecular flexibility index (Phi) is 7.60. The molecule has 0 rings (SSSR count). The van der Waals surface area contributed by atoms with E-state index in [2.05, 4.69) is 23.2 Å². The van der Waals surface area contributed by atoms with Crippen molar-refractivity contribution in [1.29, 1.82) is 5.26 Å². The van der Waals surface area contributed by atoms with Crippen molar-refractivity contribution in [3.8, 4) is 6.07 Å². The van der Waals surface area contributed by atoms with Gasteiger partial charge in [0.1, 0.15) is 0 Å². The molecule has 0 aliphatic carbocycles. The van der Waals surface area contributed by atoms with Gasteiger partial charge in [-0.2, -0.15) is 5.26 Å². The minimum atomic E-state index is 0.723. The SMILES string of the molecule is CC(CC[Si])CCCCC#N. The Morgan fingerprint density at radius 2 is 2.09 bits per heavy atom. The van der Waals surface area contributed by atoms with Gasteiger partial charge in [-0.15, -0.1) is 0 Å². The first-order valence-corrected chi connectivity index (χ1v) is 5.03. The van der Waals surface area contributed by atoms with Crippen LogP contribution in [0.4, 0.5) is 0 Å². The lowest BCUT2D eigenvalue weighted by Gasteiger charge is -2.07. The highest BCUT2D eigenvalue weighted by molar-refractivity contribution is 6.08. The summed E-state index contributed by atoms with van der Waals surface area (Å²) >= 11 is 0. The molecule has 0 bridgehead atoms. The third-order valence-electron chi connectivity index (χ3n) is 1.87. The van der Waals surface area contributed by atoms with Crippen LogP contribution >= 0.6 is 0 Å². The highest BCUT2D eigenvalue weighted by Crippen LogP contribution is 2.13. The van der Waals surface area contributed by atoms with Crippen molar-refractivity contribution in [2.45, 2.75) is 45.1 Å². The molecule has 3 radical (unpaired) electrons. The van der Waals surface area contributed by atoms with E-state index < -0.39 is 0 Å². The summed E-state index contributed by atoms with van der Waals surface area (Å²) in [7, 11) is 3.46. The van der Waals surface area contributed by atoms with Gasteiger partial charge in [-0.05, 0) is 12.3 Å². The zero-order chi connectivity index (χ0) is 8.53. The lowest BCUT2D eigenvalue weighted by atomic mass is 10.0. The average Bonchev–Trinajstić information content (AvgIpc) is 1.99. The van der Waals surface area contributed by atoms with Crippen molar-refractivity contribution in [1.82, 2.24) is 0 Å². The van der Waals surface area contributed by atoms with Gasteiger partial charge in [-0.1, -0.05) is 32.2 Å². The number of hydrogen-bond donors (Lipinski definition) is 0. The Balaban J connectivity index is 3.05. The molecule has 0 aromatic carbocycles. The van der Waals surface area contributed by atoms with Gasteiger partial charge < -0.3 is 0 Å². The largest absolute Gasteiger partial charge is 0.198 e. The van der Waals surface area contributed by atoms with Crippen LogP contribution in [-0.2, 0) is 0 Å². The molecular weight excluding hydrogens is 150 g/mol. The molecular formula is C9H16NSi. The van der Waals surface area contributed by atoms with Gasteiger partial charge in [0.15, 0.2) is 0 Å². The monoisotopic (exact) mass is 166 g/mol. The zero-order valence-electron chi connectivity index (χ0n) is 7.27. The lowest BCUT2D eigenvalue weighted by molar-refractivity contribution is 0.487. The van der Waals surface area contributed by atoms with Crippen LogP contribution in [0.5, 0.6) is 0 Å². The maximum absolute atomic E-state index is 8.28. The van der Waals surface area contributed by atoms with Crippen molar-refractivity contribution >= 4 is 10.2 Å². The summed E-state index contributed by atoms with van der Waals surface area (Å²) in [6.07, 6.45) is 5.53. The van der Waals surface area contributed by atoms with E-state index in [0.717, 1.165) is 24.8 Å². The van der Waals surface area contributed by atoms with Crippen LogP contribution in [-0.4, -0.2) is 10.2 Å². The van der Waals surface area contributed by atoms with E-state index in [1.54, 1.807) is 0 Å². The van der Waals surface area contributed by atoms with E-state index >= 15 is 0 Å². The van der Waals surface area contributed by atoms with Crippen molar-refractivity contribution in [3.63, 3.8) is 0 Å². The van der Waals surface area contributed by atoms with E-state index in [-0.39, 0.29) is 0 Å². The Hall–Kier alpha value is -0.293. The van der Waals surface area contributed by atoms with E-state index in [0.29, 0.717) is 0 Å². The summed E-state index contributed by atoms with van der Waals surface area (Å²) in [6, 6.07) is 3.26. The highest BCUT2D eigenvalue weighted by Gasteiger charge is 1.98. The molecule has 1 unspecified atom stereocenters. The Morgan fingerprint density at radius 1 is 1.36 bits per heavy atom. The topological polar surface area (TPSA) is 23.8 Å². The Morgan fingerprint density at radius 3 is 2.64 bits per heavy atom. The summed E-state index contributed by atoms with van der Waals surface area (Å²) in [6.45, 7) is 2.27. The smallest absolute Gasteiger partial charge is 0.0621 e. The molecule has 0 saturated heterocycles. The molecule has 0 fully saturated rings. The van der Waals surface area contributed by atoms with Crippen LogP contribution in [0, 0.1) is 17.2 Å². The maximum atomic E-state index is 8.28. The van der Waals surface area contributed by atoms with Gasteiger partial charge in [0.05, 0.1) is 6.07 Å². The summed E-state index contributed by atoms with van der Waals surface area (Å²) in [4.78, 5) is 0. The number of nitriles is 1. The predicted octanol–water partition coefficient (Wildman–Crippen LogP) is 2.68. The molecule has 61 valence electrons. The fourth-order valence-electron chi connectivity index (χ4n) is 1.09. The van der Waals surface area contributed by atoms with Gasteiger partial charge in [-0.25, -0.2) is 0 Å². The van der Waals surface area contributed by atoms with Crippen molar-refractivity contribution in [3.05, 3.63) is 0 Å². The number of rotatable bonds is 6. The first-order chi connectivity index (χ1) is 5.31. The molecule has 0 heterocycles. The molecule has 1 atom stereocenters. The normalized spacial score (nSPS) is 12.5. The standard InChI is InChI=1S/C9H16NSi/c1-9(6-8-11)5-3-2-4-7-10/h9H,2-6,8H2,1H3. The maximum Gasteiger partial charge on any atom is 0.0621 e. The second-order valence-electron chi connectivity index (χ2n) is 3.05. The van der Waals surface area contributed by atoms with Crippen LogP contribution in [0.3, 0.4) is 0 Å². The zero-order valence-corrected chi connectivity index (χ0v) is 8.27.